The lowest BCUT2D eigenvalue weighted by Gasteiger charge is -2.26. The molecule has 3 amide bonds. The molecule has 0 aliphatic carbocycles. The Morgan fingerprint density at radius 2 is 1.68 bits per heavy atom. The molecule has 1 aliphatic heterocycles. The normalized spacial score (nSPS) is 19.1. The quantitative estimate of drug-likeness (QED) is 0.201. The maximum absolute atomic E-state index is 12.8. The van der Waals surface area contributed by atoms with Crippen LogP contribution in [-0.2, 0) is 19.2 Å². The van der Waals surface area contributed by atoms with Crippen molar-refractivity contribution in [1.82, 2.24) is 20.9 Å². The molecule has 9 nitrogen and oxygen atoms in total. The molecule has 1 fully saturated rings. The molecule has 218 valence electrons. The Bertz CT molecular complexity index is 761. The van der Waals surface area contributed by atoms with Crippen LogP contribution in [0, 0.1) is 29.6 Å². The molecule has 0 saturated carbocycles. The molecule has 1 saturated heterocycles. The number of nitriles is 1. The minimum absolute atomic E-state index is 0.0118. The Kier molecular flexibility index (Phi) is 17.2. The van der Waals surface area contributed by atoms with E-state index in [0.717, 1.165) is 19.4 Å². The number of likely N-dealkylation sites (tertiary alicyclic amines) is 1. The standard InChI is InChI=1S/C25H43F3N4O4.CHN/c1-5-13-29-22(34)18(9-7-6-8-10-19(16-33)31-24(36)25(26,27)28)11-14-30-23(35)21-20(17(2)3)12-15-32(21)4;1-2/h16-21H,5-15H2,1-4H3,(H,29,34)(H,30,35)(H,31,36);1H/t18-,19+,20-,21?;/m1./s1. The molecule has 1 rings (SSSR count). The van der Waals surface area contributed by atoms with Crippen molar-refractivity contribution in [2.45, 2.75) is 90.4 Å². The average molecular weight is 548 g/mol. The lowest BCUT2D eigenvalue weighted by molar-refractivity contribution is -0.174. The number of carbonyl (C=O) groups excluding carboxylic acids is 4. The number of rotatable bonds is 16. The van der Waals surface area contributed by atoms with E-state index in [2.05, 4.69) is 36.0 Å². The Morgan fingerprint density at radius 1 is 1.05 bits per heavy atom. The number of likely N-dealkylation sites (N-methyl/N-ethyl adjacent to an activating group) is 1. The number of hydrogen-bond acceptors (Lipinski definition) is 6. The van der Waals surface area contributed by atoms with E-state index in [4.69, 9.17) is 5.26 Å². The van der Waals surface area contributed by atoms with Crippen molar-refractivity contribution < 1.29 is 32.3 Å². The fourth-order valence-electron chi connectivity index (χ4n) is 4.70. The second-order valence-corrected chi connectivity index (χ2v) is 10.0. The highest BCUT2D eigenvalue weighted by Gasteiger charge is 2.40. The summed E-state index contributed by atoms with van der Waals surface area (Å²) in [4.78, 5) is 49.6. The predicted octanol–water partition coefficient (Wildman–Crippen LogP) is 2.95. The summed E-state index contributed by atoms with van der Waals surface area (Å²) >= 11 is 0. The van der Waals surface area contributed by atoms with Crippen molar-refractivity contribution in [1.29, 1.82) is 5.26 Å². The van der Waals surface area contributed by atoms with E-state index in [1.165, 1.54) is 0 Å². The summed E-state index contributed by atoms with van der Waals surface area (Å²) in [7, 11) is 1.96. The van der Waals surface area contributed by atoms with E-state index in [9.17, 15) is 32.3 Å². The lowest BCUT2D eigenvalue weighted by Crippen LogP contribution is -2.46. The minimum atomic E-state index is -5.03. The number of hydrogen-bond donors (Lipinski definition) is 3. The third-order valence-electron chi connectivity index (χ3n) is 6.84. The SMILES string of the molecule is C#N.CCCNC(=O)[C@H](CCCCC[C@@H](C=O)NC(=O)C(F)(F)F)CCNC(=O)C1[C@@H](C(C)C)CCN1C. The van der Waals surface area contributed by atoms with Gasteiger partial charge in [-0.3, -0.25) is 19.3 Å². The molecule has 1 aliphatic rings. The molecule has 0 radical (unpaired) electrons. The third-order valence-corrected chi connectivity index (χ3v) is 6.84. The van der Waals surface area contributed by atoms with Gasteiger partial charge in [0.25, 0.3) is 0 Å². The van der Waals surface area contributed by atoms with Crippen LogP contribution in [0.15, 0.2) is 0 Å². The summed E-state index contributed by atoms with van der Waals surface area (Å²) in [5.41, 5.74) is 0. The first-order valence-corrected chi connectivity index (χ1v) is 13.3. The Labute approximate surface area is 224 Å². The summed E-state index contributed by atoms with van der Waals surface area (Å²) in [6.07, 6.45) is -0.122. The van der Waals surface area contributed by atoms with Gasteiger partial charge in [-0.05, 0) is 57.5 Å². The molecule has 0 bridgehead atoms. The van der Waals surface area contributed by atoms with Crippen LogP contribution in [0.1, 0.15) is 72.1 Å². The summed E-state index contributed by atoms with van der Waals surface area (Å²) in [6.45, 7) is 11.5. The number of unbranched alkanes of at least 4 members (excludes halogenated alkanes) is 2. The summed E-state index contributed by atoms with van der Waals surface area (Å²) in [5.74, 6) is -1.81. The number of nitrogens with one attached hydrogen (secondary N) is 3. The zero-order chi connectivity index (χ0) is 29.3. The zero-order valence-electron chi connectivity index (χ0n) is 23.0. The molecular weight excluding hydrogens is 503 g/mol. The van der Waals surface area contributed by atoms with E-state index < -0.39 is 18.1 Å². The average Bonchev–Trinajstić information content (AvgIpc) is 3.27. The molecule has 0 aromatic heterocycles. The zero-order valence-corrected chi connectivity index (χ0v) is 23.0. The van der Waals surface area contributed by atoms with Gasteiger partial charge in [0, 0.05) is 25.6 Å². The molecule has 0 spiro atoms. The number of aldehydes is 1. The topological polar surface area (TPSA) is 131 Å². The van der Waals surface area contributed by atoms with Gasteiger partial charge in [0.1, 0.15) is 6.29 Å². The van der Waals surface area contributed by atoms with Gasteiger partial charge >= 0.3 is 12.1 Å². The van der Waals surface area contributed by atoms with Crippen molar-refractivity contribution in [3.8, 4) is 6.57 Å². The van der Waals surface area contributed by atoms with Crippen molar-refractivity contribution in [3.63, 3.8) is 0 Å². The maximum Gasteiger partial charge on any atom is 0.471 e. The van der Waals surface area contributed by atoms with Crippen molar-refractivity contribution in [3.05, 3.63) is 0 Å². The number of carbonyl (C=O) groups is 4. The van der Waals surface area contributed by atoms with Gasteiger partial charge in [-0.25, -0.2) is 5.26 Å². The summed E-state index contributed by atoms with van der Waals surface area (Å²) < 4.78 is 37.1. The van der Waals surface area contributed by atoms with Gasteiger partial charge in [-0.15, -0.1) is 0 Å². The molecule has 3 N–H and O–H groups in total. The monoisotopic (exact) mass is 547 g/mol. The van der Waals surface area contributed by atoms with Gasteiger partial charge in [0.05, 0.1) is 12.1 Å². The number of nitrogens with zero attached hydrogens (tertiary/aromatic N) is 2. The van der Waals surface area contributed by atoms with E-state index in [0.29, 0.717) is 63.3 Å². The number of amides is 3. The molecule has 4 atom stereocenters. The highest BCUT2D eigenvalue weighted by Crippen LogP contribution is 2.29. The van der Waals surface area contributed by atoms with Crippen molar-refractivity contribution >= 4 is 24.0 Å². The van der Waals surface area contributed by atoms with Gasteiger partial charge in [0.2, 0.25) is 11.8 Å². The van der Waals surface area contributed by atoms with Gasteiger partial charge in [-0.2, -0.15) is 13.2 Å². The largest absolute Gasteiger partial charge is 0.471 e. The van der Waals surface area contributed by atoms with Crippen LogP contribution in [0.3, 0.4) is 0 Å². The summed E-state index contributed by atoms with van der Waals surface area (Å²) in [6, 6.07) is -1.36. The minimum Gasteiger partial charge on any atom is -0.356 e. The lowest BCUT2D eigenvalue weighted by atomic mass is 9.88. The summed E-state index contributed by atoms with van der Waals surface area (Å²) in [5, 5.41) is 14.1. The Morgan fingerprint density at radius 3 is 2.24 bits per heavy atom. The second kappa shape index (κ2) is 18.6. The van der Waals surface area contributed by atoms with Crippen LogP contribution in [0.4, 0.5) is 13.2 Å². The fourth-order valence-corrected chi connectivity index (χ4v) is 4.70. The van der Waals surface area contributed by atoms with Gasteiger partial charge in [-0.1, -0.05) is 40.0 Å². The van der Waals surface area contributed by atoms with E-state index in [-0.39, 0.29) is 30.2 Å². The molecule has 1 heterocycles. The van der Waals surface area contributed by atoms with Crippen LogP contribution in [0.5, 0.6) is 0 Å². The van der Waals surface area contributed by atoms with Crippen LogP contribution >= 0.6 is 0 Å². The molecule has 38 heavy (non-hydrogen) atoms. The van der Waals surface area contributed by atoms with Crippen molar-refractivity contribution in [2.24, 2.45) is 17.8 Å². The first kappa shape index (κ1) is 35.3. The van der Waals surface area contributed by atoms with E-state index in [1.807, 2.05) is 14.0 Å². The predicted molar refractivity (Wildman–Crippen MR) is 138 cm³/mol. The van der Waals surface area contributed by atoms with Gasteiger partial charge < -0.3 is 20.7 Å². The maximum atomic E-state index is 12.8. The highest BCUT2D eigenvalue weighted by atomic mass is 19.4. The van der Waals surface area contributed by atoms with Crippen LogP contribution in [-0.4, -0.2) is 73.8 Å². The first-order valence-electron chi connectivity index (χ1n) is 13.3. The molecule has 1 unspecified atom stereocenters. The second-order valence-electron chi connectivity index (χ2n) is 10.0. The Hall–Kier alpha value is -2.68. The van der Waals surface area contributed by atoms with Crippen LogP contribution in [0.25, 0.3) is 0 Å². The van der Waals surface area contributed by atoms with Crippen molar-refractivity contribution in [2.75, 3.05) is 26.7 Å². The Balaban J connectivity index is 0.00000667. The van der Waals surface area contributed by atoms with Gasteiger partial charge in [0.15, 0.2) is 0 Å². The number of halogens is 3. The first-order chi connectivity index (χ1) is 17.9. The van der Waals surface area contributed by atoms with Crippen LogP contribution in [0.2, 0.25) is 0 Å². The molecular formula is C26H44F3N5O4. The van der Waals surface area contributed by atoms with Crippen LogP contribution < -0.4 is 16.0 Å². The molecule has 0 aromatic carbocycles. The smallest absolute Gasteiger partial charge is 0.356 e. The highest BCUT2D eigenvalue weighted by molar-refractivity contribution is 5.84. The third kappa shape index (κ3) is 12.7. The van der Waals surface area contributed by atoms with E-state index >= 15 is 0 Å². The molecule has 0 aromatic rings. The molecule has 12 heteroatoms. The van der Waals surface area contributed by atoms with E-state index in [1.54, 1.807) is 5.32 Å². The number of alkyl halides is 3. The fraction of sp³-hybridized carbons (Fsp3) is 0.808.